The molecule has 106 valence electrons. The van der Waals surface area contributed by atoms with Gasteiger partial charge in [-0.15, -0.1) is 0 Å². The lowest BCUT2D eigenvalue weighted by atomic mass is 9.98. The first-order chi connectivity index (χ1) is 9.52. The van der Waals surface area contributed by atoms with Crippen molar-refractivity contribution in [1.82, 2.24) is 0 Å². The maximum Gasteiger partial charge on any atom is 0.133 e. The van der Waals surface area contributed by atoms with E-state index in [0.29, 0.717) is 12.2 Å². The molecule has 0 aromatic heterocycles. The predicted octanol–water partition coefficient (Wildman–Crippen LogP) is 4.34. The normalized spacial score (nSPS) is 12.2. The van der Waals surface area contributed by atoms with Gasteiger partial charge in [0.15, 0.2) is 0 Å². The Morgan fingerprint density at radius 3 is 2.45 bits per heavy atom. The fourth-order valence-electron chi connectivity index (χ4n) is 1.98. The van der Waals surface area contributed by atoms with Gasteiger partial charge in [0.2, 0.25) is 0 Å². The number of ether oxygens (including phenoxy) is 1. The molecule has 0 fully saturated rings. The summed E-state index contributed by atoms with van der Waals surface area (Å²) in [6.45, 7) is 4.27. The van der Waals surface area contributed by atoms with Crippen LogP contribution in [0.25, 0.3) is 0 Å². The van der Waals surface area contributed by atoms with E-state index in [1.807, 2.05) is 31.2 Å². The first kappa shape index (κ1) is 15.0. The Morgan fingerprint density at radius 1 is 1.20 bits per heavy atom. The quantitative estimate of drug-likeness (QED) is 0.900. The molecular weight excluding hydrogens is 321 g/mol. The van der Waals surface area contributed by atoms with Crippen LogP contribution in [0.3, 0.4) is 0 Å². The molecule has 2 rings (SSSR count). The van der Waals surface area contributed by atoms with E-state index in [2.05, 4.69) is 15.9 Å². The molecule has 0 bridgehead atoms. The minimum atomic E-state index is -0.364. The Kier molecular flexibility index (Phi) is 4.78. The molecule has 2 aromatic carbocycles. The first-order valence-corrected chi connectivity index (χ1v) is 7.26. The molecule has 0 saturated carbocycles. The van der Waals surface area contributed by atoms with Gasteiger partial charge in [-0.2, -0.15) is 0 Å². The summed E-state index contributed by atoms with van der Waals surface area (Å²) in [7, 11) is 0. The van der Waals surface area contributed by atoms with Gasteiger partial charge in [-0.25, -0.2) is 4.39 Å². The van der Waals surface area contributed by atoms with E-state index in [-0.39, 0.29) is 11.9 Å². The highest BCUT2D eigenvalue weighted by atomic mass is 79.9. The number of hydrogen-bond donors (Lipinski definition) is 1. The van der Waals surface area contributed by atoms with Gasteiger partial charge in [-0.1, -0.05) is 18.2 Å². The highest BCUT2D eigenvalue weighted by Crippen LogP contribution is 2.30. The third-order valence-corrected chi connectivity index (χ3v) is 3.79. The largest absolute Gasteiger partial charge is 0.493 e. The molecule has 0 heterocycles. The molecule has 0 saturated heterocycles. The lowest BCUT2D eigenvalue weighted by Crippen LogP contribution is -2.12. The van der Waals surface area contributed by atoms with E-state index in [9.17, 15) is 4.39 Å². The monoisotopic (exact) mass is 337 g/mol. The van der Waals surface area contributed by atoms with Crippen molar-refractivity contribution in [2.75, 3.05) is 6.61 Å². The first-order valence-electron chi connectivity index (χ1n) is 6.46. The summed E-state index contributed by atoms with van der Waals surface area (Å²) < 4.78 is 19.9. The zero-order chi connectivity index (χ0) is 14.7. The van der Waals surface area contributed by atoms with Gasteiger partial charge in [0.05, 0.1) is 17.1 Å². The molecule has 0 aliphatic rings. The van der Waals surface area contributed by atoms with Crippen LogP contribution in [0, 0.1) is 12.7 Å². The summed E-state index contributed by atoms with van der Waals surface area (Å²) in [5.41, 5.74) is 8.48. The summed E-state index contributed by atoms with van der Waals surface area (Å²) in [6, 6.07) is 10.4. The predicted molar refractivity (Wildman–Crippen MR) is 82.5 cm³/mol. The van der Waals surface area contributed by atoms with Crippen LogP contribution < -0.4 is 10.5 Å². The second-order valence-corrected chi connectivity index (χ2v) is 5.46. The second kappa shape index (κ2) is 6.37. The van der Waals surface area contributed by atoms with Crippen LogP contribution in [0.4, 0.5) is 4.39 Å². The van der Waals surface area contributed by atoms with Gasteiger partial charge in [0.25, 0.3) is 0 Å². The van der Waals surface area contributed by atoms with Crippen LogP contribution in [0.1, 0.15) is 29.7 Å². The highest BCUT2D eigenvalue weighted by Gasteiger charge is 2.12. The van der Waals surface area contributed by atoms with Crippen LogP contribution in [0.2, 0.25) is 0 Å². The number of aryl methyl sites for hydroxylation is 1. The zero-order valence-corrected chi connectivity index (χ0v) is 13.1. The van der Waals surface area contributed by atoms with Gasteiger partial charge < -0.3 is 10.5 Å². The fraction of sp³-hybridized carbons (Fsp3) is 0.250. The van der Waals surface area contributed by atoms with Crippen molar-refractivity contribution in [3.63, 3.8) is 0 Å². The minimum absolute atomic E-state index is 0.233. The number of nitrogens with two attached hydrogens (primary N) is 1. The standard InChI is InChI=1S/C16H17BrFNO/c1-3-20-15-7-6-11(8-13(15)17)16(19)12-5-4-10(2)14(18)9-12/h4-9,16H,3,19H2,1-2H3. The number of benzene rings is 2. The van der Waals surface area contributed by atoms with Gasteiger partial charge in [0, 0.05) is 0 Å². The topological polar surface area (TPSA) is 35.2 Å². The summed E-state index contributed by atoms with van der Waals surface area (Å²) in [4.78, 5) is 0. The van der Waals surface area contributed by atoms with Crippen molar-refractivity contribution in [3.8, 4) is 5.75 Å². The van der Waals surface area contributed by atoms with E-state index < -0.39 is 0 Å². The van der Waals surface area contributed by atoms with Gasteiger partial charge in [-0.3, -0.25) is 0 Å². The van der Waals surface area contributed by atoms with Crippen molar-refractivity contribution < 1.29 is 9.13 Å². The third kappa shape index (κ3) is 3.19. The maximum absolute atomic E-state index is 13.6. The molecule has 4 heteroatoms. The molecular formula is C16H17BrFNO. The molecule has 0 aliphatic carbocycles. The lowest BCUT2D eigenvalue weighted by molar-refractivity contribution is 0.338. The van der Waals surface area contributed by atoms with E-state index >= 15 is 0 Å². The SMILES string of the molecule is CCOc1ccc(C(N)c2ccc(C)c(F)c2)cc1Br. The average molecular weight is 338 g/mol. The highest BCUT2D eigenvalue weighted by molar-refractivity contribution is 9.10. The van der Waals surface area contributed by atoms with Crippen LogP contribution in [0.5, 0.6) is 5.75 Å². The number of halogens is 2. The molecule has 0 aliphatic heterocycles. The van der Waals surface area contributed by atoms with E-state index in [0.717, 1.165) is 21.3 Å². The van der Waals surface area contributed by atoms with Crippen molar-refractivity contribution in [2.45, 2.75) is 19.9 Å². The molecule has 1 unspecified atom stereocenters. The molecule has 20 heavy (non-hydrogen) atoms. The average Bonchev–Trinajstić information content (AvgIpc) is 2.43. The third-order valence-electron chi connectivity index (χ3n) is 3.17. The van der Waals surface area contributed by atoms with E-state index in [1.54, 1.807) is 13.0 Å². The Hall–Kier alpha value is -1.39. The van der Waals surface area contributed by atoms with Gasteiger partial charge in [0.1, 0.15) is 11.6 Å². The molecule has 0 spiro atoms. The Balaban J connectivity index is 2.30. The number of rotatable bonds is 4. The summed E-state index contributed by atoms with van der Waals surface area (Å²) >= 11 is 3.46. The summed E-state index contributed by atoms with van der Waals surface area (Å²) in [5, 5.41) is 0. The van der Waals surface area contributed by atoms with Crippen LogP contribution in [-0.4, -0.2) is 6.61 Å². The van der Waals surface area contributed by atoms with Crippen LogP contribution >= 0.6 is 15.9 Å². The molecule has 2 aromatic rings. The smallest absolute Gasteiger partial charge is 0.133 e. The van der Waals surface area contributed by atoms with E-state index in [1.165, 1.54) is 6.07 Å². The van der Waals surface area contributed by atoms with Gasteiger partial charge in [-0.05, 0) is 64.7 Å². The molecule has 1 atom stereocenters. The minimum Gasteiger partial charge on any atom is -0.493 e. The number of hydrogen-bond acceptors (Lipinski definition) is 2. The van der Waals surface area contributed by atoms with Crippen molar-refractivity contribution in [1.29, 1.82) is 0 Å². The van der Waals surface area contributed by atoms with Crippen molar-refractivity contribution in [2.24, 2.45) is 5.73 Å². The Morgan fingerprint density at radius 2 is 1.85 bits per heavy atom. The molecule has 2 nitrogen and oxygen atoms in total. The second-order valence-electron chi connectivity index (χ2n) is 4.61. The zero-order valence-electron chi connectivity index (χ0n) is 11.5. The van der Waals surface area contributed by atoms with E-state index in [4.69, 9.17) is 10.5 Å². The molecule has 2 N–H and O–H groups in total. The van der Waals surface area contributed by atoms with Crippen molar-refractivity contribution in [3.05, 3.63) is 63.4 Å². The summed E-state index contributed by atoms with van der Waals surface area (Å²) in [5.74, 6) is 0.543. The lowest BCUT2D eigenvalue weighted by Gasteiger charge is -2.15. The Labute approximate surface area is 126 Å². The molecule has 0 radical (unpaired) electrons. The van der Waals surface area contributed by atoms with Crippen molar-refractivity contribution >= 4 is 15.9 Å². The molecule has 0 amide bonds. The van der Waals surface area contributed by atoms with Gasteiger partial charge >= 0.3 is 0 Å². The summed E-state index contributed by atoms with van der Waals surface area (Å²) in [6.07, 6.45) is 0. The van der Waals surface area contributed by atoms with Crippen LogP contribution in [0.15, 0.2) is 40.9 Å². The fourth-order valence-corrected chi connectivity index (χ4v) is 2.49. The maximum atomic E-state index is 13.6. The Bertz CT molecular complexity index is 615. The van der Waals surface area contributed by atoms with Crippen LogP contribution in [-0.2, 0) is 0 Å².